The summed E-state index contributed by atoms with van der Waals surface area (Å²) in [6.07, 6.45) is -7.78. The molecule has 0 bridgehead atoms. The van der Waals surface area contributed by atoms with Crippen molar-refractivity contribution in [2.75, 3.05) is 40.0 Å². The lowest BCUT2D eigenvalue weighted by Crippen LogP contribution is -2.70. The molecule has 348 valence electrons. The van der Waals surface area contributed by atoms with Crippen LogP contribution in [0.4, 0.5) is 0 Å². The maximum atomic E-state index is 14.4. The first-order valence-corrected chi connectivity index (χ1v) is 23.2. The van der Waals surface area contributed by atoms with E-state index in [9.17, 15) is 38.7 Å². The van der Waals surface area contributed by atoms with Crippen molar-refractivity contribution in [3.05, 3.63) is 0 Å². The fourth-order valence-electron chi connectivity index (χ4n) is 9.30. The van der Waals surface area contributed by atoms with Gasteiger partial charge in [-0.3, -0.25) is 4.79 Å². The third kappa shape index (κ3) is 11.9. The second kappa shape index (κ2) is 20.6. The van der Waals surface area contributed by atoms with Crippen molar-refractivity contribution < 1.29 is 67.2 Å². The Balaban J connectivity index is 2.19. The van der Waals surface area contributed by atoms with Gasteiger partial charge in [0, 0.05) is 39.1 Å². The number of nitrogens with one attached hydrogen (secondary N) is 2. The molecule has 0 saturated carbocycles. The molecule has 0 aromatic carbocycles. The summed E-state index contributed by atoms with van der Waals surface area (Å²) in [6, 6.07) is -1.56. The van der Waals surface area contributed by atoms with Crippen LogP contribution in [0.1, 0.15) is 108 Å². The minimum atomic E-state index is -3.73. The predicted octanol–water partition coefficient (Wildman–Crippen LogP) is 1.26. The molecule has 0 aliphatic carbocycles. The lowest BCUT2D eigenvalue weighted by molar-refractivity contribution is -0.336. The Hall–Kier alpha value is -1.10. The number of ether oxygens (including phenoxy) is 6. The van der Waals surface area contributed by atoms with E-state index < -0.39 is 118 Å². The summed E-state index contributed by atoms with van der Waals surface area (Å²) in [6.45, 7) is 20.1. The summed E-state index contributed by atoms with van der Waals surface area (Å²) in [5, 5.41) is 65.9. The predicted molar refractivity (Wildman–Crippen MR) is 221 cm³/mol. The van der Waals surface area contributed by atoms with Crippen LogP contribution in [0.5, 0.6) is 0 Å². The molecule has 0 aromatic heterocycles. The van der Waals surface area contributed by atoms with Crippen LogP contribution in [0.25, 0.3) is 0 Å². The van der Waals surface area contributed by atoms with E-state index in [1.54, 1.807) is 55.4 Å². The Labute approximate surface area is 353 Å². The number of carbonyl (C=O) groups excluding carboxylic acids is 1. The number of hydrogen-bond acceptors (Lipinski definition) is 16. The number of aliphatic hydroxyl groups is 5. The SMILES string of the molecule is CCCNC[C@]1(O)[C@H](C)O[C@@H](O[C@H]2[C@H](C)[C@@H](O[C@@H]3O[C@H](C)C[C@H](N(C)S(C)(=O)=O)[C@H]3O)[C@](C)(O)C[C@@H](C)CN[C@H](C)[C@@H](O)[C@](C)(O)[C@@H](CC)OC(=O)[C@@H]2C)C[C@@]1(C)OC. The van der Waals surface area contributed by atoms with E-state index in [0.29, 0.717) is 13.1 Å². The molecule has 0 radical (unpaired) electrons. The molecule has 0 unspecified atom stereocenters. The summed E-state index contributed by atoms with van der Waals surface area (Å²) in [7, 11) is -0.852. The normalized spacial score (nSPS) is 46.3. The molecule has 17 nitrogen and oxygen atoms in total. The monoisotopic (exact) mass is 870 g/mol. The van der Waals surface area contributed by atoms with Gasteiger partial charge >= 0.3 is 5.97 Å². The minimum absolute atomic E-state index is 0.0333. The molecule has 0 amide bonds. The van der Waals surface area contributed by atoms with Gasteiger partial charge in [-0.25, -0.2) is 8.42 Å². The molecule has 3 saturated heterocycles. The van der Waals surface area contributed by atoms with Crippen molar-refractivity contribution in [3.63, 3.8) is 0 Å². The zero-order chi connectivity index (χ0) is 45.1. The number of sulfonamides is 1. The molecular formula is C41H79N3O14S. The minimum Gasteiger partial charge on any atom is -0.459 e. The molecule has 3 fully saturated rings. The largest absolute Gasteiger partial charge is 0.459 e. The number of methoxy groups -OCH3 is 1. The quantitative estimate of drug-likeness (QED) is 0.108. The van der Waals surface area contributed by atoms with Crippen molar-refractivity contribution in [2.45, 2.75) is 198 Å². The number of hydrogen-bond donors (Lipinski definition) is 7. The van der Waals surface area contributed by atoms with Crippen molar-refractivity contribution in [1.29, 1.82) is 0 Å². The molecule has 18 atom stereocenters. The third-order valence-corrected chi connectivity index (χ3v) is 14.7. The Morgan fingerprint density at radius 1 is 0.983 bits per heavy atom. The smallest absolute Gasteiger partial charge is 0.311 e. The van der Waals surface area contributed by atoms with Gasteiger partial charge in [-0.2, -0.15) is 4.31 Å². The summed E-state index contributed by atoms with van der Waals surface area (Å²) in [5.41, 5.74) is -6.24. The highest BCUT2D eigenvalue weighted by molar-refractivity contribution is 7.88. The van der Waals surface area contributed by atoms with E-state index in [-0.39, 0.29) is 38.1 Å². The molecule has 7 N–H and O–H groups in total. The van der Waals surface area contributed by atoms with E-state index in [2.05, 4.69) is 10.6 Å². The van der Waals surface area contributed by atoms with Crippen LogP contribution in [-0.2, 0) is 43.2 Å². The van der Waals surface area contributed by atoms with Gasteiger partial charge < -0.3 is 64.6 Å². The molecule has 3 aliphatic rings. The Morgan fingerprint density at radius 3 is 2.17 bits per heavy atom. The topological polar surface area (TPSA) is 235 Å². The number of nitrogens with zero attached hydrogens (tertiary/aromatic N) is 1. The standard InChI is InChI=1S/C41H79N3O14S/c1-15-17-42-22-41(50)28(8)55-31(20-39(41,10)53-13)57-33-25(5)35(58-37-32(45)29(18-24(4)54-37)44(12)59(14,51)52)38(9,48)19-23(3)21-43-27(7)34(46)40(11,49)30(16-2)56-36(47)26(33)6/h23-35,37,42-43,45-46,48-50H,15-22H2,1-14H3/t23-,24-,25+,26-,27-,28+,29+,30-,31+,32-,33+,34-,35-,37+,38-,39-,40-,41+/m1/s1. The van der Waals surface area contributed by atoms with Gasteiger partial charge in [0.05, 0.1) is 48.2 Å². The summed E-state index contributed by atoms with van der Waals surface area (Å²) in [4.78, 5) is 14.4. The van der Waals surface area contributed by atoms with Gasteiger partial charge in [-0.05, 0) is 93.2 Å². The van der Waals surface area contributed by atoms with Crippen molar-refractivity contribution >= 4 is 16.0 Å². The Bertz CT molecular complexity index is 1460. The number of cyclic esters (lactones) is 1. The highest BCUT2D eigenvalue weighted by atomic mass is 32.2. The number of esters is 1. The lowest BCUT2D eigenvalue weighted by atomic mass is 9.75. The van der Waals surface area contributed by atoms with Gasteiger partial charge in [0.2, 0.25) is 10.0 Å². The molecule has 3 heterocycles. The van der Waals surface area contributed by atoms with Gasteiger partial charge in [-0.15, -0.1) is 0 Å². The third-order valence-electron chi connectivity index (χ3n) is 13.3. The Kier molecular flexibility index (Phi) is 18.2. The zero-order valence-electron chi connectivity index (χ0n) is 38.0. The fourth-order valence-corrected chi connectivity index (χ4v) is 10.0. The second-order valence-electron chi connectivity index (χ2n) is 18.5. The molecule has 3 rings (SSSR count). The van der Waals surface area contributed by atoms with Crippen LogP contribution in [0.15, 0.2) is 0 Å². The van der Waals surface area contributed by atoms with E-state index >= 15 is 0 Å². The highest BCUT2D eigenvalue weighted by Gasteiger charge is 2.58. The van der Waals surface area contributed by atoms with Crippen molar-refractivity contribution in [3.8, 4) is 0 Å². The average molecular weight is 870 g/mol. The first-order valence-electron chi connectivity index (χ1n) is 21.4. The van der Waals surface area contributed by atoms with E-state index in [1.165, 1.54) is 21.1 Å². The van der Waals surface area contributed by atoms with Crippen LogP contribution in [-0.4, -0.2) is 174 Å². The van der Waals surface area contributed by atoms with Crippen LogP contribution in [0.3, 0.4) is 0 Å². The number of likely N-dealkylation sites (N-methyl/N-ethyl adjacent to an activating group) is 1. The first-order chi connectivity index (χ1) is 27.1. The molecule has 0 aromatic rings. The maximum Gasteiger partial charge on any atom is 0.311 e. The number of rotatable bonds is 12. The van der Waals surface area contributed by atoms with Crippen LogP contribution in [0, 0.1) is 17.8 Å². The highest BCUT2D eigenvalue weighted by Crippen LogP contribution is 2.43. The summed E-state index contributed by atoms with van der Waals surface area (Å²) >= 11 is 0. The van der Waals surface area contributed by atoms with E-state index in [4.69, 9.17) is 28.4 Å². The summed E-state index contributed by atoms with van der Waals surface area (Å²) in [5.74, 6) is -3.04. The molecular weight excluding hydrogens is 791 g/mol. The number of aliphatic hydroxyl groups excluding tert-OH is 2. The molecule has 3 aliphatic heterocycles. The van der Waals surface area contributed by atoms with Crippen molar-refractivity contribution in [1.82, 2.24) is 14.9 Å². The fraction of sp³-hybridized carbons (Fsp3) is 0.976. The van der Waals surface area contributed by atoms with Gasteiger partial charge in [0.15, 0.2) is 12.6 Å². The first kappa shape index (κ1) is 52.2. The summed E-state index contributed by atoms with van der Waals surface area (Å²) < 4.78 is 64.4. The van der Waals surface area contributed by atoms with Gasteiger partial charge in [-0.1, -0.05) is 27.7 Å². The maximum absolute atomic E-state index is 14.4. The molecule has 18 heteroatoms. The van der Waals surface area contributed by atoms with Crippen LogP contribution in [0.2, 0.25) is 0 Å². The van der Waals surface area contributed by atoms with E-state index in [1.807, 2.05) is 13.8 Å². The molecule has 59 heavy (non-hydrogen) atoms. The molecule has 0 spiro atoms. The average Bonchev–Trinajstić information content (AvgIpc) is 3.15. The van der Waals surface area contributed by atoms with Gasteiger partial charge in [0.25, 0.3) is 0 Å². The lowest BCUT2D eigenvalue weighted by Gasteiger charge is -2.53. The van der Waals surface area contributed by atoms with Gasteiger partial charge in [0.1, 0.15) is 35.1 Å². The Morgan fingerprint density at radius 2 is 1.61 bits per heavy atom. The second-order valence-corrected chi connectivity index (χ2v) is 20.6. The van der Waals surface area contributed by atoms with Crippen molar-refractivity contribution in [2.24, 2.45) is 17.8 Å². The van der Waals surface area contributed by atoms with Crippen LogP contribution < -0.4 is 10.6 Å². The van der Waals surface area contributed by atoms with Crippen LogP contribution >= 0.6 is 0 Å². The number of carbonyl (C=O) groups is 1. The zero-order valence-corrected chi connectivity index (χ0v) is 38.8. The van der Waals surface area contributed by atoms with E-state index in [0.717, 1.165) is 17.0 Å².